The topological polar surface area (TPSA) is 69.6 Å². The van der Waals surface area contributed by atoms with E-state index in [1.165, 1.54) is 12.1 Å². The number of aromatic hydroxyl groups is 1. The van der Waals surface area contributed by atoms with Crippen molar-refractivity contribution < 1.29 is 15.0 Å². The highest BCUT2D eigenvalue weighted by Crippen LogP contribution is 2.33. The van der Waals surface area contributed by atoms with Crippen LogP contribution in [-0.4, -0.2) is 22.7 Å². The molecule has 0 bridgehead atoms. The minimum Gasteiger partial charge on any atom is -0.508 e. The molecule has 13 heavy (non-hydrogen) atoms. The number of benzene rings is 1. The van der Waals surface area contributed by atoms with Crippen LogP contribution >= 0.6 is 0 Å². The third-order valence-electron chi connectivity index (χ3n) is 2.21. The van der Waals surface area contributed by atoms with Gasteiger partial charge in [0.05, 0.1) is 0 Å². The van der Waals surface area contributed by atoms with Crippen molar-refractivity contribution in [3.63, 3.8) is 0 Å². The van der Waals surface area contributed by atoms with E-state index in [0.717, 1.165) is 5.69 Å². The zero-order valence-electron chi connectivity index (χ0n) is 6.82. The Morgan fingerprint density at radius 2 is 2.31 bits per heavy atom. The van der Waals surface area contributed by atoms with Gasteiger partial charge in [-0.05, 0) is 23.8 Å². The molecule has 2 rings (SSSR count). The third-order valence-corrected chi connectivity index (χ3v) is 2.21. The first-order valence-electron chi connectivity index (χ1n) is 3.98. The fourth-order valence-corrected chi connectivity index (χ4v) is 1.54. The predicted molar refractivity (Wildman–Crippen MR) is 47.0 cm³/mol. The molecule has 1 aliphatic rings. The average molecular weight is 179 g/mol. The first-order valence-corrected chi connectivity index (χ1v) is 3.98. The number of hydrogen-bond acceptors (Lipinski definition) is 3. The lowest BCUT2D eigenvalue weighted by Gasteiger charge is -2.03. The van der Waals surface area contributed by atoms with Gasteiger partial charge in [-0.3, -0.25) is 4.79 Å². The van der Waals surface area contributed by atoms with E-state index in [1.807, 2.05) is 0 Å². The molecular weight excluding hydrogens is 170 g/mol. The van der Waals surface area contributed by atoms with Gasteiger partial charge >= 0.3 is 5.97 Å². The van der Waals surface area contributed by atoms with E-state index in [2.05, 4.69) is 5.32 Å². The summed E-state index contributed by atoms with van der Waals surface area (Å²) in [6, 6.07) is 4.72. The summed E-state index contributed by atoms with van der Waals surface area (Å²) >= 11 is 0. The largest absolute Gasteiger partial charge is 0.508 e. The molecule has 1 heterocycles. The quantitative estimate of drug-likeness (QED) is 0.562. The summed E-state index contributed by atoms with van der Waals surface area (Å²) in [5.41, 5.74) is 1.46. The van der Waals surface area contributed by atoms with E-state index in [4.69, 9.17) is 5.11 Å². The number of nitrogens with one attached hydrogen (secondary N) is 1. The van der Waals surface area contributed by atoms with Crippen LogP contribution in [0.3, 0.4) is 0 Å². The maximum Gasteiger partial charge on any atom is 0.312 e. The zero-order valence-corrected chi connectivity index (χ0v) is 6.82. The van der Waals surface area contributed by atoms with Crippen LogP contribution < -0.4 is 5.32 Å². The Kier molecular flexibility index (Phi) is 1.62. The van der Waals surface area contributed by atoms with E-state index in [0.29, 0.717) is 12.1 Å². The van der Waals surface area contributed by atoms with Crippen molar-refractivity contribution in [2.45, 2.75) is 5.92 Å². The van der Waals surface area contributed by atoms with Gasteiger partial charge in [0, 0.05) is 12.2 Å². The summed E-state index contributed by atoms with van der Waals surface area (Å²) in [5, 5.41) is 21.0. The van der Waals surface area contributed by atoms with Crippen molar-refractivity contribution in [3.05, 3.63) is 23.8 Å². The Labute approximate surface area is 74.8 Å². The average Bonchev–Trinajstić information content (AvgIpc) is 2.46. The molecule has 0 aromatic heterocycles. The standard InChI is InChI=1S/C9H9NO3/c11-5-1-2-8-6(3-5)7(4-10-8)9(12)13/h1-3,7,10-11H,4H2,(H,12,13). The highest BCUT2D eigenvalue weighted by Gasteiger charge is 2.28. The lowest BCUT2D eigenvalue weighted by atomic mass is 10.0. The molecule has 1 aromatic rings. The van der Waals surface area contributed by atoms with Crippen LogP contribution in [0.15, 0.2) is 18.2 Å². The molecule has 0 amide bonds. The number of carboxylic acid groups (broad SMARTS) is 1. The Morgan fingerprint density at radius 3 is 3.00 bits per heavy atom. The zero-order chi connectivity index (χ0) is 9.42. The Morgan fingerprint density at radius 1 is 1.54 bits per heavy atom. The van der Waals surface area contributed by atoms with Gasteiger partial charge in [0.1, 0.15) is 11.7 Å². The van der Waals surface area contributed by atoms with Crippen LogP contribution in [-0.2, 0) is 4.79 Å². The van der Waals surface area contributed by atoms with Crippen molar-refractivity contribution in [2.24, 2.45) is 0 Å². The molecule has 1 atom stereocenters. The van der Waals surface area contributed by atoms with E-state index < -0.39 is 11.9 Å². The highest BCUT2D eigenvalue weighted by molar-refractivity contribution is 5.82. The molecule has 1 unspecified atom stereocenters. The lowest BCUT2D eigenvalue weighted by molar-refractivity contribution is -0.138. The van der Waals surface area contributed by atoms with Crippen LogP contribution in [0.25, 0.3) is 0 Å². The van der Waals surface area contributed by atoms with E-state index in [9.17, 15) is 9.90 Å². The predicted octanol–water partition coefficient (Wildman–Crippen LogP) is 0.986. The van der Waals surface area contributed by atoms with Crippen molar-refractivity contribution in [1.29, 1.82) is 0 Å². The first kappa shape index (κ1) is 7.91. The fourth-order valence-electron chi connectivity index (χ4n) is 1.54. The Bertz CT molecular complexity index is 362. The number of carbonyl (C=O) groups is 1. The molecule has 68 valence electrons. The fraction of sp³-hybridized carbons (Fsp3) is 0.222. The number of phenolic OH excluding ortho intramolecular Hbond substituents is 1. The van der Waals surface area contributed by atoms with Gasteiger partial charge in [0.2, 0.25) is 0 Å². The van der Waals surface area contributed by atoms with Gasteiger partial charge in [-0.15, -0.1) is 0 Å². The van der Waals surface area contributed by atoms with Crippen molar-refractivity contribution in [2.75, 3.05) is 11.9 Å². The van der Waals surface area contributed by atoms with Gasteiger partial charge in [0.25, 0.3) is 0 Å². The maximum atomic E-state index is 10.8. The normalized spacial score (nSPS) is 19.2. The Hall–Kier alpha value is -1.71. The van der Waals surface area contributed by atoms with Crippen LogP contribution in [0.2, 0.25) is 0 Å². The van der Waals surface area contributed by atoms with Crippen LogP contribution in [0, 0.1) is 0 Å². The van der Waals surface area contributed by atoms with Crippen LogP contribution in [0.1, 0.15) is 11.5 Å². The van der Waals surface area contributed by atoms with Crippen molar-refractivity contribution >= 4 is 11.7 Å². The van der Waals surface area contributed by atoms with E-state index >= 15 is 0 Å². The maximum absolute atomic E-state index is 10.8. The second-order valence-electron chi connectivity index (χ2n) is 3.04. The minimum atomic E-state index is -0.864. The summed E-state index contributed by atoms with van der Waals surface area (Å²) in [5.74, 6) is -1.30. The number of aliphatic carboxylic acids is 1. The minimum absolute atomic E-state index is 0.105. The number of phenols is 1. The molecule has 4 heteroatoms. The number of carboxylic acids is 1. The summed E-state index contributed by atoms with van der Waals surface area (Å²) in [6.07, 6.45) is 0. The summed E-state index contributed by atoms with van der Waals surface area (Å²) in [4.78, 5) is 10.8. The molecule has 1 aliphatic heterocycles. The van der Waals surface area contributed by atoms with Crippen LogP contribution in [0.4, 0.5) is 5.69 Å². The summed E-state index contributed by atoms with van der Waals surface area (Å²) < 4.78 is 0. The molecule has 3 N–H and O–H groups in total. The second-order valence-corrected chi connectivity index (χ2v) is 3.04. The number of hydrogen-bond donors (Lipinski definition) is 3. The summed E-state index contributed by atoms with van der Waals surface area (Å²) in [6.45, 7) is 0.397. The van der Waals surface area contributed by atoms with Gasteiger partial charge in [-0.2, -0.15) is 0 Å². The molecule has 0 spiro atoms. The molecule has 0 radical (unpaired) electrons. The number of fused-ring (bicyclic) bond motifs is 1. The summed E-state index contributed by atoms with van der Waals surface area (Å²) in [7, 11) is 0. The lowest BCUT2D eigenvalue weighted by Crippen LogP contribution is -2.13. The Balaban J connectivity index is 2.46. The molecule has 0 saturated heterocycles. The van der Waals surface area contributed by atoms with Gasteiger partial charge in [-0.25, -0.2) is 0 Å². The SMILES string of the molecule is O=C(O)C1CNc2ccc(O)cc21. The highest BCUT2D eigenvalue weighted by atomic mass is 16.4. The number of anilines is 1. The van der Waals surface area contributed by atoms with Crippen molar-refractivity contribution in [1.82, 2.24) is 0 Å². The van der Waals surface area contributed by atoms with Crippen LogP contribution in [0.5, 0.6) is 5.75 Å². The second kappa shape index (κ2) is 2.65. The molecule has 1 aromatic carbocycles. The molecule has 0 saturated carbocycles. The van der Waals surface area contributed by atoms with Crippen molar-refractivity contribution in [3.8, 4) is 5.75 Å². The number of rotatable bonds is 1. The van der Waals surface area contributed by atoms with E-state index in [-0.39, 0.29) is 5.75 Å². The van der Waals surface area contributed by atoms with Gasteiger partial charge in [0.15, 0.2) is 0 Å². The van der Waals surface area contributed by atoms with Gasteiger partial charge in [-0.1, -0.05) is 0 Å². The molecule has 0 fully saturated rings. The molecular formula is C9H9NO3. The third kappa shape index (κ3) is 1.20. The monoisotopic (exact) mass is 179 g/mol. The van der Waals surface area contributed by atoms with E-state index in [1.54, 1.807) is 6.07 Å². The molecule has 4 nitrogen and oxygen atoms in total. The smallest absolute Gasteiger partial charge is 0.312 e. The van der Waals surface area contributed by atoms with Gasteiger partial charge < -0.3 is 15.5 Å². The first-order chi connectivity index (χ1) is 6.18. The molecule has 0 aliphatic carbocycles.